The summed E-state index contributed by atoms with van der Waals surface area (Å²) in [7, 11) is 0. The van der Waals surface area contributed by atoms with Gasteiger partial charge in [0.05, 0.1) is 11.4 Å². The van der Waals surface area contributed by atoms with Crippen LogP contribution in [0, 0.1) is 0 Å². The van der Waals surface area contributed by atoms with Gasteiger partial charge in [-0.3, -0.25) is 4.98 Å². The van der Waals surface area contributed by atoms with Crippen LogP contribution in [-0.2, 0) is 0 Å². The van der Waals surface area contributed by atoms with Gasteiger partial charge in [0.15, 0.2) is 0 Å². The highest BCUT2D eigenvalue weighted by molar-refractivity contribution is 6.21. The largest absolute Gasteiger partial charge is 0.360 e. The molecule has 0 bridgehead atoms. The molecule has 1 atom stereocenters. The van der Waals surface area contributed by atoms with Crippen molar-refractivity contribution >= 4 is 38.5 Å². The van der Waals surface area contributed by atoms with Crippen LogP contribution in [0.15, 0.2) is 188 Å². The highest BCUT2D eigenvalue weighted by Crippen LogP contribution is 2.45. The zero-order valence-corrected chi connectivity index (χ0v) is 27.9. The summed E-state index contributed by atoms with van der Waals surface area (Å²) in [6, 6.07) is 57.2. The van der Waals surface area contributed by atoms with Gasteiger partial charge >= 0.3 is 0 Å². The summed E-state index contributed by atoms with van der Waals surface area (Å²) in [6.07, 6.45) is 10.5. The highest BCUT2D eigenvalue weighted by atomic mass is 15.3. The van der Waals surface area contributed by atoms with Gasteiger partial charge in [0.25, 0.3) is 0 Å². The normalized spacial score (nSPS) is 14.6. The summed E-state index contributed by atoms with van der Waals surface area (Å²) in [4.78, 5) is 6.64. The number of pyridine rings is 1. The smallest absolute Gasteiger partial charge is 0.123 e. The first kappa shape index (κ1) is 29.2. The first-order valence-electron chi connectivity index (χ1n) is 17.5. The number of nitrogens with zero attached hydrogens (tertiary/aromatic N) is 2. The predicted octanol–water partition coefficient (Wildman–Crippen LogP) is 12.2. The highest BCUT2D eigenvalue weighted by Gasteiger charge is 2.28. The van der Waals surface area contributed by atoms with Crippen molar-refractivity contribution in [2.45, 2.75) is 6.17 Å². The molecule has 2 aliphatic rings. The third kappa shape index (κ3) is 5.02. The van der Waals surface area contributed by atoms with Crippen molar-refractivity contribution < 1.29 is 0 Å². The minimum atomic E-state index is 0.0841. The number of rotatable bonds is 5. The van der Waals surface area contributed by atoms with Crippen LogP contribution in [0.4, 0.5) is 11.4 Å². The summed E-state index contributed by atoms with van der Waals surface area (Å²) >= 11 is 0. The van der Waals surface area contributed by atoms with E-state index in [-0.39, 0.29) is 6.17 Å². The first-order valence-corrected chi connectivity index (χ1v) is 17.5. The third-order valence-corrected chi connectivity index (χ3v) is 10.3. The molecular weight excluding hydrogens is 619 g/mol. The second kappa shape index (κ2) is 12.0. The molecule has 3 heteroatoms. The van der Waals surface area contributed by atoms with Gasteiger partial charge in [0.2, 0.25) is 0 Å². The topological polar surface area (TPSA) is 28.2 Å². The molecule has 7 aromatic carbocycles. The van der Waals surface area contributed by atoms with Crippen molar-refractivity contribution in [3.63, 3.8) is 0 Å². The van der Waals surface area contributed by atoms with Crippen LogP contribution in [0.2, 0.25) is 0 Å². The van der Waals surface area contributed by atoms with E-state index >= 15 is 0 Å². The Morgan fingerprint density at radius 2 is 1.06 bits per heavy atom. The second-order valence-corrected chi connectivity index (χ2v) is 13.3. The van der Waals surface area contributed by atoms with E-state index in [2.05, 4.69) is 185 Å². The molecule has 0 saturated heterocycles. The van der Waals surface area contributed by atoms with Gasteiger partial charge in [-0.1, -0.05) is 140 Å². The average molecular weight is 652 g/mol. The fourth-order valence-corrected chi connectivity index (χ4v) is 7.87. The van der Waals surface area contributed by atoms with Gasteiger partial charge in [-0.2, -0.15) is 0 Å². The standard InChI is InChI=1S/C48H33N3/c1-2-10-34(11-3-1)47-40-15-4-6-17-42(40)48(43-18-7-5-16-41(43)47)37-13-8-12-35(28-37)36-23-25-44-45(29-36)51-31-39(24-26-46(51)50-44)33-21-19-32(20-22-33)38-14-9-27-49-30-38/h1-31,46,50H. The molecule has 0 fully saturated rings. The number of nitrogens with one attached hydrogen (secondary N) is 1. The number of hydrogen-bond acceptors (Lipinski definition) is 3. The van der Waals surface area contributed by atoms with Crippen LogP contribution in [0.1, 0.15) is 5.56 Å². The summed E-state index contributed by atoms with van der Waals surface area (Å²) < 4.78 is 0. The van der Waals surface area contributed by atoms with E-state index in [0.717, 1.165) is 11.3 Å². The lowest BCUT2D eigenvalue weighted by molar-refractivity contribution is 0.911. The maximum atomic E-state index is 4.28. The second-order valence-electron chi connectivity index (χ2n) is 13.3. The zero-order chi connectivity index (χ0) is 33.7. The number of anilines is 2. The number of hydrogen-bond donors (Lipinski definition) is 1. The van der Waals surface area contributed by atoms with Crippen molar-refractivity contribution in [2.24, 2.45) is 0 Å². The zero-order valence-electron chi connectivity index (χ0n) is 27.9. The van der Waals surface area contributed by atoms with Crippen LogP contribution in [0.5, 0.6) is 0 Å². The summed E-state index contributed by atoms with van der Waals surface area (Å²) in [5.41, 5.74) is 14.4. The average Bonchev–Trinajstić information content (AvgIpc) is 3.58. The minimum absolute atomic E-state index is 0.0841. The molecule has 51 heavy (non-hydrogen) atoms. The molecule has 8 aromatic rings. The molecular formula is C48H33N3. The van der Waals surface area contributed by atoms with Crippen molar-refractivity contribution in [2.75, 3.05) is 10.2 Å². The molecule has 0 saturated carbocycles. The van der Waals surface area contributed by atoms with Gasteiger partial charge in [0.1, 0.15) is 6.17 Å². The summed E-state index contributed by atoms with van der Waals surface area (Å²) in [5.74, 6) is 0. The Morgan fingerprint density at radius 3 is 1.76 bits per heavy atom. The Labute approximate surface area is 297 Å². The van der Waals surface area contributed by atoms with E-state index in [1.54, 1.807) is 0 Å². The van der Waals surface area contributed by atoms with Gasteiger partial charge < -0.3 is 10.2 Å². The van der Waals surface area contributed by atoms with E-state index in [9.17, 15) is 0 Å². The fraction of sp³-hybridized carbons (Fsp3) is 0.0208. The number of allylic oxidation sites excluding steroid dienone is 2. The number of fused-ring (bicyclic) bond motifs is 5. The number of aromatic nitrogens is 1. The van der Waals surface area contributed by atoms with E-state index in [4.69, 9.17) is 0 Å². The Kier molecular flexibility index (Phi) is 6.88. The molecule has 240 valence electrons. The van der Waals surface area contributed by atoms with Crippen LogP contribution in [0.3, 0.4) is 0 Å². The molecule has 1 N–H and O–H groups in total. The van der Waals surface area contributed by atoms with Crippen LogP contribution < -0.4 is 10.2 Å². The van der Waals surface area contributed by atoms with Crippen LogP contribution in [-0.4, -0.2) is 11.1 Å². The first-order chi connectivity index (χ1) is 25.3. The maximum Gasteiger partial charge on any atom is 0.123 e. The molecule has 2 aliphatic heterocycles. The van der Waals surface area contributed by atoms with Crippen LogP contribution in [0.25, 0.3) is 71.6 Å². The number of benzene rings is 7. The summed E-state index contributed by atoms with van der Waals surface area (Å²) in [5, 5.41) is 8.77. The quantitative estimate of drug-likeness (QED) is 0.188. The third-order valence-electron chi connectivity index (χ3n) is 10.3. The van der Waals surface area contributed by atoms with Crippen molar-refractivity contribution in [1.82, 2.24) is 4.98 Å². The molecule has 3 nitrogen and oxygen atoms in total. The van der Waals surface area contributed by atoms with Crippen molar-refractivity contribution in [3.05, 3.63) is 194 Å². The van der Waals surface area contributed by atoms with Gasteiger partial charge in [-0.25, -0.2) is 0 Å². The SMILES string of the molecule is C1=CC2Nc3ccc(-c4cccc(-c5c6ccccc6c(-c6ccccc6)c6ccccc56)c4)cc3N2C=C1c1ccc(-c2cccnc2)cc1. The molecule has 0 radical (unpaired) electrons. The maximum absolute atomic E-state index is 4.28. The fourth-order valence-electron chi connectivity index (χ4n) is 7.87. The van der Waals surface area contributed by atoms with Crippen molar-refractivity contribution in [3.8, 4) is 44.5 Å². The predicted molar refractivity (Wildman–Crippen MR) is 214 cm³/mol. The lowest BCUT2D eigenvalue weighted by Crippen LogP contribution is -2.31. The van der Waals surface area contributed by atoms with Crippen molar-refractivity contribution in [1.29, 1.82) is 0 Å². The minimum Gasteiger partial charge on any atom is -0.360 e. The Morgan fingerprint density at radius 1 is 0.471 bits per heavy atom. The van der Waals surface area contributed by atoms with E-state index < -0.39 is 0 Å². The van der Waals surface area contributed by atoms with Gasteiger partial charge in [0, 0.05) is 18.6 Å². The molecule has 0 amide bonds. The molecule has 3 heterocycles. The van der Waals surface area contributed by atoms with E-state index in [1.807, 2.05) is 18.5 Å². The van der Waals surface area contributed by atoms with Crippen LogP contribution >= 0.6 is 0 Å². The molecule has 0 spiro atoms. The molecule has 1 aromatic heterocycles. The Hall–Kier alpha value is -6.71. The molecule has 10 rings (SSSR count). The lowest BCUT2D eigenvalue weighted by Gasteiger charge is -2.25. The van der Waals surface area contributed by atoms with Gasteiger partial charge in [-0.05, 0) is 108 Å². The van der Waals surface area contributed by atoms with Gasteiger partial charge in [-0.15, -0.1) is 0 Å². The lowest BCUT2D eigenvalue weighted by atomic mass is 9.85. The summed E-state index contributed by atoms with van der Waals surface area (Å²) in [6.45, 7) is 0. The van der Waals surface area contributed by atoms with E-state index in [1.165, 1.54) is 77.3 Å². The molecule has 0 aliphatic carbocycles. The monoisotopic (exact) mass is 651 g/mol. The Bertz CT molecular complexity index is 2600. The Balaban J connectivity index is 1.04. The van der Waals surface area contributed by atoms with E-state index in [0.29, 0.717) is 0 Å². The molecule has 1 unspecified atom stereocenters.